The second-order valence-corrected chi connectivity index (χ2v) is 7.19. The predicted molar refractivity (Wildman–Crippen MR) is 93.0 cm³/mol. The summed E-state index contributed by atoms with van der Waals surface area (Å²) in [6, 6.07) is 11.5. The highest BCUT2D eigenvalue weighted by atomic mass is 32.2. The topological polar surface area (TPSA) is 24.9 Å². The Morgan fingerprint density at radius 2 is 2.19 bits per heavy atom. The van der Waals surface area contributed by atoms with Crippen LogP contribution in [-0.4, -0.2) is 22.5 Å². The van der Waals surface area contributed by atoms with Gasteiger partial charge >= 0.3 is 0 Å². The van der Waals surface area contributed by atoms with E-state index in [4.69, 9.17) is 0 Å². The van der Waals surface area contributed by atoms with Gasteiger partial charge in [0, 0.05) is 22.4 Å². The summed E-state index contributed by atoms with van der Waals surface area (Å²) in [5.74, 6) is 1.31. The maximum absolute atomic E-state index is 4.61. The molecule has 0 aliphatic carbocycles. The Morgan fingerprint density at radius 1 is 1.29 bits per heavy atom. The van der Waals surface area contributed by atoms with Gasteiger partial charge in [-0.25, -0.2) is 0 Å². The van der Waals surface area contributed by atoms with Crippen molar-refractivity contribution in [3.05, 3.63) is 41.6 Å². The lowest BCUT2D eigenvalue weighted by Crippen LogP contribution is -2.31. The zero-order chi connectivity index (χ0) is 14.7. The number of pyridine rings is 1. The quantitative estimate of drug-likeness (QED) is 0.901. The third kappa shape index (κ3) is 3.41. The Hall–Kier alpha value is -1.06. The van der Waals surface area contributed by atoms with Gasteiger partial charge in [-0.15, -0.1) is 0 Å². The summed E-state index contributed by atoms with van der Waals surface area (Å²) < 4.78 is 0. The predicted octanol–water partition coefficient (Wildman–Crippen LogP) is 4.48. The van der Waals surface area contributed by atoms with E-state index in [0.717, 1.165) is 17.8 Å². The molecule has 2 nitrogen and oxygen atoms in total. The lowest BCUT2D eigenvalue weighted by Gasteiger charge is -2.31. The van der Waals surface area contributed by atoms with Crippen molar-refractivity contribution in [3.8, 4) is 0 Å². The first-order chi connectivity index (χ1) is 10.3. The van der Waals surface area contributed by atoms with Crippen LogP contribution in [0, 0.1) is 6.92 Å². The molecule has 2 aromatic rings. The number of fused-ring (bicyclic) bond motifs is 1. The first-order valence-corrected chi connectivity index (χ1v) is 9.05. The molecule has 2 unspecified atom stereocenters. The van der Waals surface area contributed by atoms with Gasteiger partial charge in [-0.3, -0.25) is 4.98 Å². The molecular weight excluding hydrogens is 276 g/mol. The molecule has 3 heteroatoms. The molecule has 21 heavy (non-hydrogen) atoms. The van der Waals surface area contributed by atoms with Crippen molar-refractivity contribution in [2.75, 3.05) is 12.3 Å². The zero-order valence-electron chi connectivity index (χ0n) is 12.9. The lowest BCUT2D eigenvalue weighted by molar-refractivity contribution is 0.492. The van der Waals surface area contributed by atoms with Gasteiger partial charge in [-0.1, -0.05) is 25.5 Å². The molecule has 0 radical (unpaired) electrons. The van der Waals surface area contributed by atoms with E-state index < -0.39 is 0 Å². The molecule has 1 aliphatic rings. The van der Waals surface area contributed by atoms with Crippen molar-refractivity contribution in [3.63, 3.8) is 0 Å². The summed E-state index contributed by atoms with van der Waals surface area (Å²) in [6.07, 6.45) is 4.07. The van der Waals surface area contributed by atoms with Crippen LogP contribution >= 0.6 is 11.8 Å². The molecule has 0 spiro atoms. The molecule has 1 saturated heterocycles. The Kier molecular flexibility index (Phi) is 4.81. The molecule has 0 saturated carbocycles. The highest BCUT2D eigenvalue weighted by molar-refractivity contribution is 8.00. The molecule has 1 N–H and O–H groups in total. The number of aryl methyl sites for hydroxylation is 1. The monoisotopic (exact) mass is 300 g/mol. The van der Waals surface area contributed by atoms with E-state index >= 15 is 0 Å². The summed E-state index contributed by atoms with van der Waals surface area (Å²) in [6.45, 7) is 5.27. The highest BCUT2D eigenvalue weighted by Gasteiger charge is 2.25. The van der Waals surface area contributed by atoms with Crippen LogP contribution in [0.25, 0.3) is 10.9 Å². The average Bonchev–Trinajstić information content (AvgIpc) is 2.53. The first-order valence-electron chi connectivity index (χ1n) is 8.00. The second-order valence-electron chi connectivity index (χ2n) is 5.85. The molecule has 112 valence electrons. The maximum Gasteiger partial charge on any atom is 0.0705 e. The van der Waals surface area contributed by atoms with Gasteiger partial charge in [0.25, 0.3) is 0 Å². The number of hydrogen-bond acceptors (Lipinski definition) is 3. The molecule has 0 amide bonds. The molecular formula is C18H24N2S. The average molecular weight is 300 g/mol. The largest absolute Gasteiger partial charge is 0.309 e. The van der Waals surface area contributed by atoms with Crippen LogP contribution in [0.1, 0.15) is 43.5 Å². The minimum Gasteiger partial charge on any atom is -0.309 e. The van der Waals surface area contributed by atoms with Crippen LogP contribution in [0.3, 0.4) is 0 Å². The summed E-state index contributed by atoms with van der Waals surface area (Å²) in [5, 5.41) is 5.66. The number of thioether (sulfide) groups is 1. The number of benzene rings is 1. The summed E-state index contributed by atoms with van der Waals surface area (Å²) in [7, 11) is 0. The number of nitrogens with zero attached hydrogens (tertiary/aromatic N) is 1. The van der Waals surface area contributed by atoms with Crippen LogP contribution in [0.5, 0.6) is 0 Å². The van der Waals surface area contributed by atoms with Gasteiger partial charge in [-0.2, -0.15) is 11.8 Å². The number of aromatic nitrogens is 1. The van der Waals surface area contributed by atoms with Gasteiger partial charge in [0.05, 0.1) is 5.52 Å². The van der Waals surface area contributed by atoms with E-state index in [0.29, 0.717) is 11.3 Å². The van der Waals surface area contributed by atoms with E-state index in [9.17, 15) is 0 Å². The third-order valence-electron chi connectivity index (χ3n) is 4.22. The molecule has 0 bridgehead atoms. The van der Waals surface area contributed by atoms with E-state index in [1.165, 1.54) is 36.0 Å². The molecule has 1 aromatic carbocycles. The summed E-state index contributed by atoms with van der Waals surface area (Å²) in [4.78, 5) is 4.61. The zero-order valence-corrected chi connectivity index (χ0v) is 13.7. The minimum absolute atomic E-state index is 0.464. The van der Waals surface area contributed by atoms with Crippen LogP contribution in [0.4, 0.5) is 0 Å². The van der Waals surface area contributed by atoms with Crippen molar-refractivity contribution < 1.29 is 0 Å². The molecule has 2 atom stereocenters. The molecule has 1 aromatic heterocycles. The summed E-state index contributed by atoms with van der Waals surface area (Å²) >= 11 is 2.14. The first kappa shape index (κ1) is 14.9. The fourth-order valence-corrected chi connectivity index (χ4v) is 4.60. The fraction of sp³-hybridized carbons (Fsp3) is 0.500. The summed E-state index contributed by atoms with van der Waals surface area (Å²) in [5.41, 5.74) is 3.60. The van der Waals surface area contributed by atoms with Crippen LogP contribution in [0.2, 0.25) is 0 Å². The number of hydrogen-bond donors (Lipinski definition) is 1. The fourth-order valence-electron chi connectivity index (χ4n) is 3.15. The van der Waals surface area contributed by atoms with Crippen molar-refractivity contribution >= 4 is 22.7 Å². The van der Waals surface area contributed by atoms with Crippen LogP contribution in [-0.2, 0) is 0 Å². The molecule has 1 fully saturated rings. The van der Waals surface area contributed by atoms with Gasteiger partial charge in [-0.05, 0) is 55.8 Å². The van der Waals surface area contributed by atoms with Crippen LogP contribution in [0.15, 0.2) is 30.3 Å². The number of rotatable bonds is 4. The van der Waals surface area contributed by atoms with E-state index in [-0.39, 0.29) is 0 Å². The van der Waals surface area contributed by atoms with Crippen molar-refractivity contribution in [2.45, 2.75) is 44.4 Å². The Labute approximate surface area is 131 Å². The van der Waals surface area contributed by atoms with Crippen molar-refractivity contribution in [2.24, 2.45) is 0 Å². The van der Waals surface area contributed by atoms with Crippen LogP contribution < -0.4 is 5.32 Å². The van der Waals surface area contributed by atoms with E-state index in [2.05, 4.69) is 59.3 Å². The second kappa shape index (κ2) is 6.80. The van der Waals surface area contributed by atoms with Crippen molar-refractivity contribution in [1.82, 2.24) is 10.3 Å². The molecule has 3 rings (SSSR count). The smallest absolute Gasteiger partial charge is 0.0705 e. The lowest BCUT2D eigenvalue weighted by atomic mass is 9.97. The minimum atomic E-state index is 0.464. The standard InChI is InChI=1S/C18H24N2S/c1-3-19-18(17-6-4-5-11-21-17)15-9-10-16-14(12-15)8-7-13(2)20-16/h7-10,12,17-19H,3-6,11H2,1-2H3. The van der Waals surface area contributed by atoms with Crippen molar-refractivity contribution in [1.29, 1.82) is 0 Å². The molecule has 2 heterocycles. The molecule has 1 aliphatic heterocycles. The van der Waals surface area contributed by atoms with E-state index in [1.54, 1.807) is 0 Å². The third-order valence-corrected chi connectivity index (χ3v) is 5.68. The van der Waals surface area contributed by atoms with Gasteiger partial charge in [0.2, 0.25) is 0 Å². The number of nitrogens with one attached hydrogen (secondary N) is 1. The van der Waals surface area contributed by atoms with E-state index in [1.807, 2.05) is 6.92 Å². The Balaban J connectivity index is 1.92. The Morgan fingerprint density at radius 3 is 2.95 bits per heavy atom. The highest BCUT2D eigenvalue weighted by Crippen LogP contribution is 2.35. The van der Waals surface area contributed by atoms with Gasteiger partial charge in [0.1, 0.15) is 0 Å². The van der Waals surface area contributed by atoms with Gasteiger partial charge < -0.3 is 5.32 Å². The Bertz CT molecular complexity index is 605. The van der Waals surface area contributed by atoms with Gasteiger partial charge in [0.15, 0.2) is 0 Å². The maximum atomic E-state index is 4.61. The SMILES string of the molecule is CCNC(c1ccc2nc(C)ccc2c1)C1CCCCS1. The normalized spacial score (nSPS) is 20.6.